The number of halogens is 2. The number of β-amino-alcohol motifs (C(OH)–C–C–N with tert-alkyl or cyclic N) is 1. The topological polar surface area (TPSA) is 59.0 Å². The fourth-order valence-electron chi connectivity index (χ4n) is 4.78. The van der Waals surface area contributed by atoms with Crippen molar-refractivity contribution in [3.05, 3.63) is 76.4 Å². The number of ether oxygens (including phenoxy) is 2. The number of carbonyl (C=O) groups is 1. The van der Waals surface area contributed by atoms with Gasteiger partial charge in [-0.3, -0.25) is 9.69 Å². The van der Waals surface area contributed by atoms with Crippen molar-refractivity contribution in [2.24, 2.45) is 0 Å². The first-order valence-electron chi connectivity index (χ1n) is 13.2. The van der Waals surface area contributed by atoms with E-state index in [0.29, 0.717) is 30.7 Å². The highest BCUT2D eigenvalue weighted by molar-refractivity contribution is 5.69. The second-order valence-electron chi connectivity index (χ2n) is 9.73. The van der Waals surface area contributed by atoms with Crippen LogP contribution in [0, 0.1) is 18.6 Å². The molecule has 3 atom stereocenters. The zero-order valence-corrected chi connectivity index (χ0v) is 22.1. The van der Waals surface area contributed by atoms with Crippen LogP contribution in [0.1, 0.15) is 67.9 Å². The van der Waals surface area contributed by atoms with Gasteiger partial charge in [0.15, 0.2) is 0 Å². The summed E-state index contributed by atoms with van der Waals surface area (Å²) in [5.41, 5.74) is 3.10. The highest BCUT2D eigenvalue weighted by Crippen LogP contribution is 2.25. The molecule has 2 aromatic rings. The number of nitrogens with zero attached hydrogens (tertiary/aromatic N) is 1. The smallest absolute Gasteiger partial charge is 0.306 e. The van der Waals surface area contributed by atoms with E-state index in [-0.39, 0.29) is 42.8 Å². The lowest BCUT2D eigenvalue weighted by Crippen LogP contribution is -2.39. The van der Waals surface area contributed by atoms with Crippen molar-refractivity contribution in [3.63, 3.8) is 0 Å². The molecule has 1 fully saturated rings. The summed E-state index contributed by atoms with van der Waals surface area (Å²) < 4.78 is 38.8. The Hall–Kier alpha value is -2.61. The number of hydrogen-bond acceptors (Lipinski definition) is 5. The Morgan fingerprint density at radius 2 is 2.05 bits per heavy atom. The number of aliphatic hydroxyl groups is 1. The maximum Gasteiger partial charge on any atom is 0.306 e. The fourth-order valence-corrected chi connectivity index (χ4v) is 4.78. The molecule has 37 heavy (non-hydrogen) atoms. The molecule has 202 valence electrons. The van der Waals surface area contributed by atoms with E-state index in [1.807, 2.05) is 25.1 Å². The van der Waals surface area contributed by atoms with Gasteiger partial charge in [0.2, 0.25) is 0 Å². The first kappa shape index (κ1) is 29.0. The van der Waals surface area contributed by atoms with E-state index >= 15 is 0 Å². The Bertz CT molecular complexity index is 1060. The van der Waals surface area contributed by atoms with Crippen LogP contribution in [-0.4, -0.2) is 54.4 Å². The van der Waals surface area contributed by atoms with Crippen molar-refractivity contribution in [1.82, 2.24) is 4.90 Å². The molecule has 0 radical (unpaired) electrons. The van der Waals surface area contributed by atoms with Gasteiger partial charge in [-0.1, -0.05) is 30.4 Å². The molecule has 1 aliphatic heterocycles. The van der Waals surface area contributed by atoms with Crippen molar-refractivity contribution in [1.29, 1.82) is 0 Å². The molecule has 1 aliphatic rings. The lowest BCUT2D eigenvalue weighted by Gasteiger charge is -2.27. The van der Waals surface area contributed by atoms with Gasteiger partial charge in [-0.25, -0.2) is 8.78 Å². The molecule has 5 nitrogen and oxygen atoms in total. The van der Waals surface area contributed by atoms with Crippen molar-refractivity contribution < 1.29 is 28.2 Å². The van der Waals surface area contributed by atoms with E-state index in [2.05, 4.69) is 4.90 Å². The van der Waals surface area contributed by atoms with Crippen LogP contribution >= 0.6 is 0 Å². The van der Waals surface area contributed by atoms with Crippen LogP contribution in [0.4, 0.5) is 8.78 Å². The highest BCUT2D eigenvalue weighted by atomic mass is 19.1. The number of esters is 1. The SMILES string of the molecule is CCOC(=O)CC/C=C/c1cc(F)ccc1[C@@H](C)OC[C@H](O)CN1CCC[C@H]1Cc1ccc(C)c(F)c1. The monoisotopic (exact) mass is 515 g/mol. The van der Waals surface area contributed by atoms with Crippen LogP contribution in [-0.2, 0) is 20.7 Å². The summed E-state index contributed by atoms with van der Waals surface area (Å²) >= 11 is 0. The molecule has 2 aromatic carbocycles. The van der Waals surface area contributed by atoms with Crippen LogP contribution in [0.5, 0.6) is 0 Å². The number of rotatable bonds is 13. The summed E-state index contributed by atoms with van der Waals surface area (Å²) in [7, 11) is 0. The highest BCUT2D eigenvalue weighted by Gasteiger charge is 2.27. The van der Waals surface area contributed by atoms with E-state index in [1.54, 1.807) is 32.1 Å². The second-order valence-corrected chi connectivity index (χ2v) is 9.73. The van der Waals surface area contributed by atoms with Crippen LogP contribution in [0.15, 0.2) is 42.5 Å². The van der Waals surface area contributed by atoms with Gasteiger partial charge in [0, 0.05) is 19.0 Å². The number of allylic oxidation sites excluding steroid dienone is 1. The summed E-state index contributed by atoms with van der Waals surface area (Å²) in [6, 6.07) is 10.2. The van der Waals surface area contributed by atoms with Gasteiger partial charge in [0.25, 0.3) is 0 Å². The lowest BCUT2D eigenvalue weighted by atomic mass is 10.0. The van der Waals surface area contributed by atoms with Gasteiger partial charge >= 0.3 is 5.97 Å². The van der Waals surface area contributed by atoms with Gasteiger partial charge in [0.1, 0.15) is 11.6 Å². The number of hydrogen-bond donors (Lipinski definition) is 1. The third-order valence-electron chi connectivity index (χ3n) is 6.80. The largest absolute Gasteiger partial charge is 0.466 e. The Morgan fingerprint density at radius 3 is 2.81 bits per heavy atom. The van der Waals surface area contributed by atoms with Crippen LogP contribution < -0.4 is 0 Å². The molecule has 1 heterocycles. The van der Waals surface area contributed by atoms with Gasteiger partial charge in [-0.15, -0.1) is 0 Å². The van der Waals surface area contributed by atoms with Gasteiger partial charge in [-0.05, 0) is 93.5 Å². The lowest BCUT2D eigenvalue weighted by molar-refractivity contribution is -0.143. The van der Waals surface area contributed by atoms with E-state index in [4.69, 9.17) is 9.47 Å². The predicted molar refractivity (Wildman–Crippen MR) is 141 cm³/mol. The van der Waals surface area contributed by atoms with Gasteiger partial charge in [0.05, 0.1) is 25.4 Å². The molecular formula is C30H39F2NO4. The third-order valence-corrected chi connectivity index (χ3v) is 6.80. The summed E-state index contributed by atoms with van der Waals surface area (Å²) in [5, 5.41) is 10.7. The minimum atomic E-state index is -0.679. The maximum absolute atomic E-state index is 14.0. The quantitative estimate of drug-likeness (QED) is 0.343. The Balaban J connectivity index is 1.52. The summed E-state index contributed by atoms with van der Waals surface area (Å²) in [5.74, 6) is -0.795. The second kappa shape index (κ2) is 14.4. The molecule has 0 spiro atoms. The first-order chi connectivity index (χ1) is 17.8. The molecule has 7 heteroatoms. The van der Waals surface area contributed by atoms with Crippen molar-refractivity contribution in [2.75, 3.05) is 26.3 Å². The Morgan fingerprint density at radius 1 is 1.24 bits per heavy atom. The van der Waals surface area contributed by atoms with Gasteiger partial charge < -0.3 is 14.6 Å². The summed E-state index contributed by atoms with van der Waals surface area (Å²) in [6.07, 6.45) is 6.15. The summed E-state index contributed by atoms with van der Waals surface area (Å²) in [6.45, 7) is 7.27. The number of carbonyl (C=O) groups excluding carboxylic acids is 1. The fraction of sp³-hybridized carbons (Fsp3) is 0.500. The van der Waals surface area contributed by atoms with Crippen molar-refractivity contribution in [2.45, 2.75) is 71.1 Å². The molecule has 0 aromatic heterocycles. The third kappa shape index (κ3) is 9.02. The minimum Gasteiger partial charge on any atom is -0.466 e. The average molecular weight is 516 g/mol. The average Bonchev–Trinajstić information content (AvgIpc) is 3.29. The van der Waals surface area contributed by atoms with E-state index in [9.17, 15) is 18.7 Å². The molecular weight excluding hydrogens is 476 g/mol. The van der Waals surface area contributed by atoms with Crippen LogP contribution in [0.2, 0.25) is 0 Å². The normalized spacial score (nSPS) is 17.8. The maximum atomic E-state index is 14.0. The zero-order chi connectivity index (χ0) is 26.8. The molecule has 1 N–H and O–H groups in total. The molecule has 3 rings (SSSR count). The standard InChI is InChI=1S/C30H39F2NO4/c1-4-36-30(35)10-6-5-8-24-18-25(31)13-14-28(24)22(3)37-20-27(34)19-33-15-7-9-26(33)16-23-12-11-21(2)29(32)17-23/h5,8,11-14,17-18,22,26-27,34H,4,6-7,9-10,15-16,19-20H2,1-3H3/b8-5+/t22-,26+,27-/m1/s1. The van der Waals surface area contributed by atoms with E-state index in [1.165, 1.54) is 12.1 Å². The number of likely N-dealkylation sites (tertiary alicyclic amines) is 1. The van der Waals surface area contributed by atoms with Crippen LogP contribution in [0.25, 0.3) is 6.08 Å². The molecule has 0 saturated carbocycles. The number of benzene rings is 2. The Labute approximate surface area is 219 Å². The van der Waals surface area contributed by atoms with Crippen LogP contribution in [0.3, 0.4) is 0 Å². The van der Waals surface area contributed by atoms with Gasteiger partial charge in [-0.2, -0.15) is 0 Å². The first-order valence-corrected chi connectivity index (χ1v) is 13.2. The molecule has 0 aliphatic carbocycles. The predicted octanol–water partition coefficient (Wildman–Crippen LogP) is 5.78. The molecule has 1 saturated heterocycles. The van der Waals surface area contributed by atoms with E-state index < -0.39 is 6.10 Å². The zero-order valence-electron chi connectivity index (χ0n) is 22.1. The van der Waals surface area contributed by atoms with Crippen molar-refractivity contribution in [3.8, 4) is 0 Å². The molecule has 0 bridgehead atoms. The van der Waals surface area contributed by atoms with Crippen molar-refractivity contribution >= 4 is 12.0 Å². The number of aryl methyl sites for hydroxylation is 1. The molecule has 0 amide bonds. The summed E-state index contributed by atoms with van der Waals surface area (Å²) in [4.78, 5) is 13.8. The Kier molecular flexibility index (Phi) is 11.2. The van der Waals surface area contributed by atoms with E-state index in [0.717, 1.165) is 36.9 Å². The minimum absolute atomic E-state index is 0.146. The number of aliphatic hydroxyl groups excluding tert-OH is 1. The molecule has 0 unspecified atom stereocenters.